The number of para-hydroxylation sites is 1. The number of likely N-dealkylation sites (N-methyl/N-ethyl adjacent to an activating group) is 1. The maximum absolute atomic E-state index is 4.88. The van der Waals surface area contributed by atoms with Crippen LogP contribution in [-0.4, -0.2) is 42.6 Å². The molecule has 3 heteroatoms. The van der Waals surface area contributed by atoms with E-state index in [-0.39, 0.29) is 0 Å². The predicted octanol–water partition coefficient (Wildman–Crippen LogP) is 2.77. The summed E-state index contributed by atoms with van der Waals surface area (Å²) in [6.07, 6.45) is 2.66. The Morgan fingerprint density at radius 2 is 1.90 bits per heavy atom. The van der Waals surface area contributed by atoms with Crippen molar-refractivity contribution in [2.45, 2.75) is 18.9 Å². The van der Waals surface area contributed by atoms with Crippen molar-refractivity contribution in [1.29, 1.82) is 0 Å². The predicted molar refractivity (Wildman–Crippen MR) is 83.1 cm³/mol. The van der Waals surface area contributed by atoms with Gasteiger partial charge < -0.3 is 9.80 Å². The summed E-state index contributed by atoms with van der Waals surface area (Å²) in [6, 6.07) is 13.4. The molecule has 1 aromatic heterocycles. The molecule has 0 unspecified atom stereocenters. The van der Waals surface area contributed by atoms with Crippen LogP contribution in [0.4, 0.5) is 5.82 Å². The summed E-state index contributed by atoms with van der Waals surface area (Å²) in [6.45, 7) is 3.59. The highest BCUT2D eigenvalue weighted by atomic mass is 15.3. The molecule has 2 aliphatic rings. The number of benzene rings is 1. The molecule has 0 saturated carbocycles. The minimum Gasteiger partial charge on any atom is -0.352 e. The largest absolute Gasteiger partial charge is 0.352 e. The van der Waals surface area contributed by atoms with Crippen LogP contribution in [0.15, 0.2) is 36.4 Å². The van der Waals surface area contributed by atoms with Crippen LogP contribution in [0.2, 0.25) is 0 Å². The maximum atomic E-state index is 4.88. The topological polar surface area (TPSA) is 19.4 Å². The van der Waals surface area contributed by atoms with Crippen molar-refractivity contribution >= 4 is 16.7 Å². The zero-order chi connectivity index (χ0) is 13.5. The summed E-state index contributed by atoms with van der Waals surface area (Å²) in [4.78, 5) is 9.87. The number of aromatic nitrogens is 1. The van der Waals surface area contributed by atoms with E-state index in [1.807, 2.05) is 0 Å². The number of nitrogens with zero attached hydrogens (tertiary/aromatic N) is 3. The third-order valence-electron chi connectivity index (χ3n) is 4.94. The molecule has 0 bridgehead atoms. The number of anilines is 1. The summed E-state index contributed by atoms with van der Waals surface area (Å²) >= 11 is 0. The Labute approximate surface area is 120 Å². The van der Waals surface area contributed by atoms with Gasteiger partial charge in [0.2, 0.25) is 0 Å². The Morgan fingerprint density at radius 1 is 1.05 bits per heavy atom. The Morgan fingerprint density at radius 3 is 2.85 bits per heavy atom. The van der Waals surface area contributed by atoms with Gasteiger partial charge in [0.25, 0.3) is 0 Å². The van der Waals surface area contributed by atoms with Crippen LogP contribution in [-0.2, 0) is 0 Å². The van der Waals surface area contributed by atoms with Crippen molar-refractivity contribution in [3.8, 4) is 0 Å². The Balaban J connectivity index is 1.68. The molecule has 2 fully saturated rings. The minimum absolute atomic E-state index is 0.655. The molecule has 0 spiro atoms. The summed E-state index contributed by atoms with van der Waals surface area (Å²) in [5.41, 5.74) is 1.11. The van der Waals surface area contributed by atoms with Crippen LogP contribution in [0.5, 0.6) is 0 Å². The fourth-order valence-corrected chi connectivity index (χ4v) is 3.80. The lowest BCUT2D eigenvalue weighted by atomic mass is 9.92. The van der Waals surface area contributed by atoms with Gasteiger partial charge in [0.1, 0.15) is 5.82 Å². The van der Waals surface area contributed by atoms with Gasteiger partial charge in [-0.25, -0.2) is 4.98 Å². The van der Waals surface area contributed by atoms with E-state index in [2.05, 4.69) is 53.2 Å². The number of pyridine rings is 1. The molecule has 2 aromatic rings. The van der Waals surface area contributed by atoms with E-state index in [4.69, 9.17) is 4.98 Å². The van der Waals surface area contributed by atoms with E-state index in [9.17, 15) is 0 Å². The van der Waals surface area contributed by atoms with E-state index >= 15 is 0 Å². The lowest BCUT2D eigenvalue weighted by Crippen LogP contribution is -2.46. The van der Waals surface area contributed by atoms with Crippen LogP contribution in [0.3, 0.4) is 0 Å². The number of fused-ring (bicyclic) bond motifs is 2. The smallest absolute Gasteiger partial charge is 0.129 e. The van der Waals surface area contributed by atoms with Gasteiger partial charge in [-0.3, -0.25) is 0 Å². The van der Waals surface area contributed by atoms with Crippen molar-refractivity contribution in [1.82, 2.24) is 9.88 Å². The summed E-state index contributed by atoms with van der Waals surface area (Å²) in [5.74, 6) is 2.02. The lowest BCUT2D eigenvalue weighted by Gasteiger charge is -2.37. The van der Waals surface area contributed by atoms with Crippen molar-refractivity contribution in [2.24, 2.45) is 5.92 Å². The molecule has 4 rings (SSSR count). The third kappa shape index (κ3) is 1.97. The van der Waals surface area contributed by atoms with E-state index in [1.54, 1.807) is 0 Å². The molecule has 3 heterocycles. The number of hydrogen-bond donors (Lipinski definition) is 0. The summed E-state index contributed by atoms with van der Waals surface area (Å²) in [5, 5.41) is 1.23. The first-order valence-corrected chi connectivity index (χ1v) is 7.62. The average molecular weight is 267 g/mol. The first-order valence-electron chi connectivity index (χ1n) is 7.62. The van der Waals surface area contributed by atoms with Gasteiger partial charge in [-0.1, -0.05) is 18.2 Å². The molecule has 1 aromatic carbocycles. The molecule has 3 nitrogen and oxygen atoms in total. The second-order valence-electron chi connectivity index (χ2n) is 6.22. The molecule has 2 saturated heterocycles. The molecule has 20 heavy (non-hydrogen) atoms. The first-order chi connectivity index (χ1) is 9.81. The van der Waals surface area contributed by atoms with Crippen LogP contribution < -0.4 is 4.90 Å². The highest BCUT2D eigenvalue weighted by molar-refractivity contribution is 5.80. The Hall–Kier alpha value is -1.61. The van der Waals surface area contributed by atoms with E-state index in [0.717, 1.165) is 23.8 Å². The highest BCUT2D eigenvalue weighted by Gasteiger charge is 2.37. The fourth-order valence-electron chi connectivity index (χ4n) is 3.80. The molecular formula is C17H21N3. The maximum Gasteiger partial charge on any atom is 0.129 e. The quantitative estimate of drug-likeness (QED) is 0.792. The monoisotopic (exact) mass is 267 g/mol. The zero-order valence-electron chi connectivity index (χ0n) is 12.0. The van der Waals surface area contributed by atoms with Gasteiger partial charge in [0, 0.05) is 24.5 Å². The van der Waals surface area contributed by atoms with E-state index in [0.29, 0.717) is 6.04 Å². The van der Waals surface area contributed by atoms with Crippen molar-refractivity contribution in [2.75, 3.05) is 31.6 Å². The fraction of sp³-hybridized carbons (Fsp3) is 0.471. The van der Waals surface area contributed by atoms with Crippen LogP contribution in [0.1, 0.15) is 12.8 Å². The van der Waals surface area contributed by atoms with Gasteiger partial charge in [-0.2, -0.15) is 0 Å². The summed E-state index contributed by atoms with van der Waals surface area (Å²) < 4.78 is 0. The van der Waals surface area contributed by atoms with Crippen LogP contribution in [0, 0.1) is 5.92 Å². The SMILES string of the molecule is CN1CC[C@@H]2CCN(c3ccc4ccccc4n3)[C@@H]2C1. The van der Waals surface area contributed by atoms with E-state index in [1.165, 1.54) is 31.3 Å². The van der Waals surface area contributed by atoms with Crippen molar-refractivity contribution in [3.05, 3.63) is 36.4 Å². The highest BCUT2D eigenvalue weighted by Crippen LogP contribution is 2.34. The molecule has 2 atom stereocenters. The third-order valence-corrected chi connectivity index (χ3v) is 4.94. The Kier molecular flexibility index (Phi) is 2.88. The molecule has 104 valence electrons. The van der Waals surface area contributed by atoms with E-state index < -0.39 is 0 Å². The van der Waals surface area contributed by atoms with Crippen molar-refractivity contribution < 1.29 is 0 Å². The van der Waals surface area contributed by atoms with Gasteiger partial charge in [-0.05, 0) is 50.6 Å². The average Bonchev–Trinajstić information content (AvgIpc) is 2.89. The Bertz CT molecular complexity index is 624. The first kappa shape index (κ1) is 12.2. The molecule has 2 aliphatic heterocycles. The standard InChI is InChI=1S/C17H21N3/c1-19-10-8-14-9-11-20(16(14)12-19)17-7-6-13-4-2-3-5-15(13)18-17/h2-7,14,16H,8-12H2,1H3/t14-,16-/m1/s1. The van der Waals surface area contributed by atoms with Gasteiger partial charge in [0.05, 0.1) is 5.52 Å². The number of hydrogen-bond acceptors (Lipinski definition) is 3. The second-order valence-corrected chi connectivity index (χ2v) is 6.22. The molecule has 0 aliphatic carbocycles. The number of rotatable bonds is 1. The summed E-state index contributed by atoms with van der Waals surface area (Å²) in [7, 11) is 2.24. The minimum atomic E-state index is 0.655. The van der Waals surface area contributed by atoms with Gasteiger partial charge >= 0.3 is 0 Å². The molecular weight excluding hydrogens is 246 g/mol. The normalized spacial score (nSPS) is 26.9. The van der Waals surface area contributed by atoms with Gasteiger partial charge in [0.15, 0.2) is 0 Å². The van der Waals surface area contributed by atoms with Crippen LogP contribution in [0.25, 0.3) is 10.9 Å². The number of piperidine rings is 1. The van der Waals surface area contributed by atoms with Crippen molar-refractivity contribution in [3.63, 3.8) is 0 Å². The zero-order valence-corrected chi connectivity index (χ0v) is 12.0. The second kappa shape index (κ2) is 4.74. The van der Waals surface area contributed by atoms with Gasteiger partial charge in [-0.15, -0.1) is 0 Å². The molecule has 0 radical (unpaired) electrons. The lowest BCUT2D eigenvalue weighted by molar-refractivity contribution is 0.208. The molecule has 0 N–H and O–H groups in total. The van der Waals surface area contributed by atoms with Crippen LogP contribution >= 0.6 is 0 Å². The number of likely N-dealkylation sites (tertiary alicyclic amines) is 1. The molecule has 0 amide bonds.